The minimum atomic E-state index is -0.900. The van der Waals surface area contributed by atoms with Crippen LogP contribution in [0.5, 0.6) is 0 Å². The van der Waals surface area contributed by atoms with E-state index in [0.29, 0.717) is 42.7 Å². The molecule has 49 heavy (non-hydrogen) atoms. The van der Waals surface area contributed by atoms with Crippen LogP contribution in [0.3, 0.4) is 0 Å². The van der Waals surface area contributed by atoms with Gasteiger partial charge in [-0.25, -0.2) is 0 Å². The first-order chi connectivity index (χ1) is 23.3. The number of amides is 1. The molecule has 0 spiro atoms. The van der Waals surface area contributed by atoms with Gasteiger partial charge in [0.2, 0.25) is 5.91 Å². The third-order valence-electron chi connectivity index (χ3n) is 9.73. The number of ketones is 1. The molecule has 0 saturated heterocycles. The minimum absolute atomic E-state index is 0.0351. The first kappa shape index (κ1) is 38.4. The number of carboxylic acids is 1. The van der Waals surface area contributed by atoms with E-state index in [1.807, 2.05) is 42.7 Å². The van der Waals surface area contributed by atoms with Crippen LogP contribution in [0, 0.1) is 32.6 Å². The first-order valence-electron chi connectivity index (χ1n) is 17.4. The summed E-state index contributed by atoms with van der Waals surface area (Å²) in [5.41, 5.74) is 3.04. The Morgan fingerprint density at radius 1 is 1.02 bits per heavy atom. The van der Waals surface area contributed by atoms with Crippen LogP contribution in [0.25, 0.3) is 5.00 Å². The minimum Gasteiger partial charge on any atom is -0.481 e. The van der Waals surface area contributed by atoms with Crippen LogP contribution in [0.2, 0.25) is 5.02 Å². The number of aliphatic carboxylic acids is 1. The molecule has 10 nitrogen and oxygen atoms in total. The molecule has 0 bridgehead atoms. The number of nitrogens with zero attached hydrogens (tertiary/aromatic N) is 4. The molecule has 1 aliphatic heterocycles. The second-order valence-corrected chi connectivity index (χ2v) is 15.2. The topological polar surface area (TPSA) is 139 Å². The van der Waals surface area contributed by atoms with Crippen LogP contribution in [-0.4, -0.2) is 61.9 Å². The molecule has 0 aliphatic carbocycles. The van der Waals surface area contributed by atoms with Crippen LogP contribution in [0.4, 0.5) is 0 Å². The van der Waals surface area contributed by atoms with E-state index in [1.165, 1.54) is 4.88 Å². The zero-order valence-electron chi connectivity index (χ0n) is 29.9. The van der Waals surface area contributed by atoms with E-state index in [2.05, 4.69) is 55.4 Å². The highest BCUT2D eigenvalue weighted by Crippen LogP contribution is 2.39. The molecule has 0 radical (unpaired) electrons. The summed E-state index contributed by atoms with van der Waals surface area (Å²) >= 11 is 7.90. The van der Waals surface area contributed by atoms with Crippen molar-refractivity contribution in [3.8, 4) is 5.00 Å². The Labute approximate surface area is 299 Å². The number of halogens is 1. The number of carbonyl (C=O) groups is 3. The number of fused-ring (bicyclic) bond motifs is 3. The normalized spacial score (nSPS) is 15.9. The Morgan fingerprint density at radius 2 is 1.73 bits per heavy atom. The molecule has 1 amide bonds. The summed E-state index contributed by atoms with van der Waals surface area (Å²) < 4.78 is 2.03. The van der Waals surface area contributed by atoms with Gasteiger partial charge in [0.15, 0.2) is 11.6 Å². The van der Waals surface area contributed by atoms with Crippen molar-refractivity contribution >= 4 is 46.3 Å². The van der Waals surface area contributed by atoms with Gasteiger partial charge in [-0.2, -0.15) is 0 Å². The third kappa shape index (κ3) is 9.04. The summed E-state index contributed by atoms with van der Waals surface area (Å²) in [6.45, 7) is 15.3. The summed E-state index contributed by atoms with van der Waals surface area (Å²) in [7, 11) is 0. The van der Waals surface area contributed by atoms with Gasteiger partial charge in [-0.05, 0) is 69.6 Å². The molecule has 266 valence electrons. The zero-order chi connectivity index (χ0) is 35.9. The lowest BCUT2D eigenvalue weighted by molar-refractivity contribution is -0.137. The molecule has 4 rings (SSSR count). The standard InChI is InChI=1S/C37H51ClN6O4S/c1-8-37(23(4)12-9-11-22(2)3,30(45)13-10-14-32(47)48)40-20-19-39-31(46)21-29-35-43-42-26(7)44(35)36-33(24(5)25(6)49-36)34(41-29)27-15-17-28(38)18-16-27/h15-18,22-23,29,40H,8-14,19-21H2,1-7H3,(H,39,46)(H,47,48)/t23-,29-,37+/m0/s1. The van der Waals surface area contributed by atoms with Crippen LogP contribution >= 0.6 is 22.9 Å². The van der Waals surface area contributed by atoms with E-state index in [-0.39, 0.29) is 36.9 Å². The number of thiophene rings is 1. The summed E-state index contributed by atoms with van der Waals surface area (Å²) in [5.74, 6) is 0.930. The van der Waals surface area contributed by atoms with E-state index in [9.17, 15) is 14.4 Å². The van der Waals surface area contributed by atoms with Gasteiger partial charge >= 0.3 is 5.97 Å². The summed E-state index contributed by atoms with van der Waals surface area (Å²) in [4.78, 5) is 44.7. The maximum atomic E-state index is 13.7. The number of aryl methyl sites for hydroxylation is 2. The molecule has 3 N–H and O–H groups in total. The summed E-state index contributed by atoms with van der Waals surface area (Å²) in [6, 6.07) is 7.01. The fraction of sp³-hybridized carbons (Fsp3) is 0.568. The molecular formula is C37H51ClN6O4S. The van der Waals surface area contributed by atoms with Crippen molar-refractivity contribution in [1.82, 2.24) is 25.4 Å². The average molecular weight is 711 g/mol. The van der Waals surface area contributed by atoms with Crippen LogP contribution in [0.15, 0.2) is 29.3 Å². The van der Waals surface area contributed by atoms with Gasteiger partial charge in [0.05, 0.1) is 17.7 Å². The molecule has 1 aliphatic rings. The average Bonchev–Trinajstić information content (AvgIpc) is 3.52. The van der Waals surface area contributed by atoms with Crippen LogP contribution < -0.4 is 10.6 Å². The van der Waals surface area contributed by atoms with Crippen molar-refractivity contribution in [2.75, 3.05) is 13.1 Å². The number of Topliss-reactive ketones (excluding diaryl/α,β-unsaturated/α-hetero) is 1. The number of carbonyl (C=O) groups excluding carboxylic acids is 2. The number of hydrogen-bond donors (Lipinski definition) is 3. The molecule has 12 heteroatoms. The maximum absolute atomic E-state index is 13.7. The Morgan fingerprint density at radius 3 is 2.39 bits per heavy atom. The van der Waals surface area contributed by atoms with Gasteiger partial charge < -0.3 is 15.7 Å². The Kier molecular flexibility index (Phi) is 13.3. The molecule has 0 saturated carbocycles. The number of rotatable bonds is 18. The second kappa shape index (κ2) is 17.0. The molecule has 0 fully saturated rings. The van der Waals surface area contributed by atoms with Gasteiger partial charge in [0.25, 0.3) is 0 Å². The van der Waals surface area contributed by atoms with Crippen LogP contribution in [-0.2, 0) is 14.4 Å². The molecule has 3 atom stereocenters. The van der Waals surface area contributed by atoms with Crippen molar-refractivity contribution in [3.05, 3.63) is 62.5 Å². The Balaban J connectivity index is 1.51. The lowest BCUT2D eigenvalue weighted by atomic mass is 9.75. The van der Waals surface area contributed by atoms with Gasteiger partial charge in [-0.3, -0.25) is 23.9 Å². The fourth-order valence-electron chi connectivity index (χ4n) is 6.79. The number of aromatic nitrogens is 3. The SMILES string of the molecule is CC[C@](NCCNC(=O)C[C@@H]1N=C(c2ccc(Cl)cc2)c2c(sc(C)c2C)-n2c(C)nnc21)(C(=O)CCCC(=O)O)[C@@H](C)CCCC(C)C. The largest absolute Gasteiger partial charge is 0.481 e. The fourth-order valence-corrected chi connectivity index (χ4v) is 8.13. The van der Waals surface area contributed by atoms with Crippen molar-refractivity contribution in [2.24, 2.45) is 16.8 Å². The molecule has 2 aromatic heterocycles. The van der Waals surface area contributed by atoms with Crippen molar-refractivity contribution in [1.29, 1.82) is 0 Å². The van der Waals surface area contributed by atoms with Crippen molar-refractivity contribution in [3.63, 3.8) is 0 Å². The third-order valence-corrected chi connectivity index (χ3v) is 11.2. The van der Waals surface area contributed by atoms with Gasteiger partial charge in [-0.1, -0.05) is 64.3 Å². The van der Waals surface area contributed by atoms with E-state index in [0.717, 1.165) is 52.5 Å². The predicted octanol–water partition coefficient (Wildman–Crippen LogP) is 7.33. The van der Waals surface area contributed by atoms with E-state index in [1.54, 1.807) is 11.3 Å². The highest BCUT2D eigenvalue weighted by atomic mass is 35.5. The maximum Gasteiger partial charge on any atom is 0.303 e. The van der Waals surface area contributed by atoms with Crippen LogP contribution in [0.1, 0.15) is 118 Å². The number of hydrogen-bond acceptors (Lipinski definition) is 8. The summed E-state index contributed by atoms with van der Waals surface area (Å²) in [6.07, 6.45) is 4.10. The Bertz CT molecular complexity index is 1660. The van der Waals surface area contributed by atoms with Crippen molar-refractivity contribution in [2.45, 2.75) is 111 Å². The predicted molar refractivity (Wildman–Crippen MR) is 196 cm³/mol. The van der Waals surface area contributed by atoms with Gasteiger partial charge in [0, 0.05) is 47.0 Å². The van der Waals surface area contributed by atoms with E-state index in [4.69, 9.17) is 21.7 Å². The second-order valence-electron chi connectivity index (χ2n) is 13.6. The monoisotopic (exact) mass is 710 g/mol. The number of aliphatic imine (C=N–C) groups is 1. The Hall–Kier alpha value is -3.41. The molecule has 3 heterocycles. The summed E-state index contributed by atoms with van der Waals surface area (Å²) in [5, 5.41) is 26.2. The van der Waals surface area contributed by atoms with E-state index < -0.39 is 17.6 Å². The first-order valence-corrected chi connectivity index (χ1v) is 18.6. The van der Waals surface area contributed by atoms with Gasteiger partial charge in [0.1, 0.15) is 16.9 Å². The number of nitrogens with one attached hydrogen (secondary N) is 2. The molecule has 1 aromatic carbocycles. The molecule has 0 unspecified atom stereocenters. The van der Waals surface area contributed by atoms with Crippen molar-refractivity contribution < 1.29 is 19.5 Å². The van der Waals surface area contributed by atoms with E-state index >= 15 is 0 Å². The number of carboxylic acid groups (broad SMARTS) is 1. The number of benzene rings is 1. The quantitative estimate of drug-likeness (QED) is 0.118. The van der Waals surface area contributed by atoms with Gasteiger partial charge in [-0.15, -0.1) is 21.5 Å². The molecule has 3 aromatic rings. The smallest absolute Gasteiger partial charge is 0.303 e. The highest BCUT2D eigenvalue weighted by Gasteiger charge is 2.40. The highest BCUT2D eigenvalue weighted by molar-refractivity contribution is 7.15. The molecular weight excluding hydrogens is 660 g/mol. The lowest BCUT2D eigenvalue weighted by Crippen LogP contribution is -2.57. The lowest BCUT2D eigenvalue weighted by Gasteiger charge is -2.39. The zero-order valence-corrected chi connectivity index (χ0v) is 31.4.